The minimum atomic E-state index is -0.0136. The minimum absolute atomic E-state index is 0.0136. The van der Waals surface area contributed by atoms with Crippen LogP contribution in [-0.4, -0.2) is 56.3 Å². The zero-order valence-electron chi connectivity index (χ0n) is 11.9. The maximum Gasteiger partial charge on any atom is 0.255 e. The summed E-state index contributed by atoms with van der Waals surface area (Å²) >= 11 is 0. The third kappa shape index (κ3) is 4.96. The van der Waals surface area contributed by atoms with E-state index in [9.17, 15) is 4.79 Å². The van der Waals surface area contributed by atoms with Gasteiger partial charge in [-0.2, -0.15) is 0 Å². The minimum Gasteiger partial charge on any atom is -0.382 e. The normalized spacial score (nSPS) is 10.5. The molecule has 0 radical (unpaired) electrons. The van der Waals surface area contributed by atoms with Gasteiger partial charge >= 0.3 is 0 Å². The summed E-state index contributed by atoms with van der Waals surface area (Å²) in [7, 11) is 3.40. The van der Waals surface area contributed by atoms with Crippen molar-refractivity contribution in [3.8, 4) is 0 Å². The molecule has 0 spiro atoms. The predicted molar refractivity (Wildman–Crippen MR) is 73.3 cm³/mol. The Morgan fingerprint density at radius 3 is 2.84 bits per heavy atom. The largest absolute Gasteiger partial charge is 0.382 e. The highest BCUT2D eigenvalue weighted by atomic mass is 16.5. The predicted octanol–water partition coefficient (Wildman–Crippen LogP) is 1.38. The van der Waals surface area contributed by atoms with Crippen LogP contribution in [0.15, 0.2) is 18.3 Å². The van der Waals surface area contributed by atoms with E-state index in [-0.39, 0.29) is 5.91 Å². The van der Waals surface area contributed by atoms with Crippen LogP contribution in [0, 0.1) is 0 Å². The number of carbonyl (C=O) groups is 1. The average Bonchev–Trinajstić information content (AvgIpc) is 2.46. The number of amides is 1. The lowest BCUT2D eigenvalue weighted by Crippen LogP contribution is -2.31. The molecule has 0 aliphatic carbocycles. The van der Waals surface area contributed by atoms with Gasteiger partial charge in [0, 0.05) is 26.9 Å². The highest BCUT2D eigenvalue weighted by molar-refractivity contribution is 5.95. The molecule has 106 valence electrons. The number of hydrogen-bond acceptors (Lipinski definition) is 4. The number of rotatable bonds is 8. The topological polar surface area (TPSA) is 51.7 Å². The first-order valence-electron chi connectivity index (χ1n) is 6.46. The van der Waals surface area contributed by atoms with Crippen molar-refractivity contribution in [2.24, 2.45) is 0 Å². The van der Waals surface area contributed by atoms with Crippen LogP contribution in [0.5, 0.6) is 0 Å². The van der Waals surface area contributed by atoms with Gasteiger partial charge in [0.2, 0.25) is 0 Å². The lowest BCUT2D eigenvalue weighted by molar-refractivity contribution is 0.0531. The number of pyridine rings is 1. The number of carbonyl (C=O) groups excluding carboxylic acids is 1. The summed E-state index contributed by atoms with van der Waals surface area (Å²) in [4.78, 5) is 18.1. The first-order valence-corrected chi connectivity index (χ1v) is 6.46. The van der Waals surface area contributed by atoms with Gasteiger partial charge in [-0.3, -0.25) is 9.78 Å². The summed E-state index contributed by atoms with van der Waals surface area (Å²) < 4.78 is 10.2. The second-order valence-electron chi connectivity index (χ2n) is 4.18. The van der Waals surface area contributed by atoms with E-state index in [2.05, 4.69) is 4.98 Å². The molecule has 0 unspecified atom stereocenters. The summed E-state index contributed by atoms with van der Waals surface area (Å²) in [5, 5.41) is 0. The lowest BCUT2D eigenvalue weighted by Gasteiger charge is -2.18. The summed E-state index contributed by atoms with van der Waals surface area (Å²) in [6.07, 6.45) is 2.46. The van der Waals surface area contributed by atoms with E-state index < -0.39 is 0 Å². The number of ether oxygens (including phenoxy) is 2. The van der Waals surface area contributed by atoms with Gasteiger partial charge in [-0.05, 0) is 18.6 Å². The van der Waals surface area contributed by atoms with Crippen LogP contribution < -0.4 is 0 Å². The van der Waals surface area contributed by atoms with E-state index in [0.29, 0.717) is 31.9 Å². The monoisotopic (exact) mass is 266 g/mol. The van der Waals surface area contributed by atoms with Crippen molar-refractivity contribution in [3.05, 3.63) is 29.6 Å². The molecule has 0 fully saturated rings. The number of nitrogens with zero attached hydrogens (tertiary/aromatic N) is 2. The number of methoxy groups -OCH3 is 1. The van der Waals surface area contributed by atoms with Crippen molar-refractivity contribution in [2.45, 2.75) is 13.3 Å². The Balaban J connectivity index is 2.47. The molecule has 0 N–H and O–H groups in total. The second kappa shape index (κ2) is 8.61. The van der Waals surface area contributed by atoms with E-state index in [4.69, 9.17) is 9.47 Å². The van der Waals surface area contributed by atoms with Crippen molar-refractivity contribution in [1.82, 2.24) is 9.88 Å². The van der Waals surface area contributed by atoms with E-state index in [0.717, 1.165) is 12.1 Å². The van der Waals surface area contributed by atoms with E-state index in [1.54, 1.807) is 31.3 Å². The van der Waals surface area contributed by atoms with Crippen LogP contribution in [-0.2, 0) is 15.9 Å². The molecule has 0 aliphatic rings. The van der Waals surface area contributed by atoms with Crippen LogP contribution in [0.1, 0.15) is 23.0 Å². The Morgan fingerprint density at radius 1 is 1.37 bits per heavy atom. The van der Waals surface area contributed by atoms with Crippen molar-refractivity contribution in [1.29, 1.82) is 0 Å². The number of likely N-dealkylation sites (N-methyl/N-ethyl adjacent to an activating group) is 1. The fourth-order valence-corrected chi connectivity index (χ4v) is 1.67. The first kappa shape index (κ1) is 15.6. The second-order valence-corrected chi connectivity index (χ2v) is 4.18. The van der Waals surface area contributed by atoms with Crippen molar-refractivity contribution in [2.75, 3.05) is 40.5 Å². The molecule has 1 heterocycles. The molecule has 19 heavy (non-hydrogen) atoms. The Hall–Kier alpha value is -1.46. The standard InChI is InChI=1S/C14H22N2O3/c1-4-13-12(6-5-7-15-13)14(17)16(2)8-9-19-11-10-18-3/h5-7H,4,8-11H2,1-3H3. The van der Waals surface area contributed by atoms with Crippen molar-refractivity contribution < 1.29 is 14.3 Å². The fourth-order valence-electron chi connectivity index (χ4n) is 1.67. The van der Waals surface area contributed by atoms with Crippen LogP contribution in [0.4, 0.5) is 0 Å². The number of hydrogen-bond donors (Lipinski definition) is 0. The zero-order valence-corrected chi connectivity index (χ0v) is 11.9. The molecule has 0 saturated carbocycles. The van der Waals surface area contributed by atoms with Crippen LogP contribution in [0.2, 0.25) is 0 Å². The molecule has 0 saturated heterocycles. The molecule has 1 amide bonds. The van der Waals surface area contributed by atoms with Gasteiger partial charge in [0.1, 0.15) is 0 Å². The maximum atomic E-state index is 12.2. The van der Waals surface area contributed by atoms with E-state index in [1.165, 1.54) is 0 Å². The van der Waals surface area contributed by atoms with Gasteiger partial charge in [-0.25, -0.2) is 0 Å². The summed E-state index contributed by atoms with van der Waals surface area (Å²) in [6.45, 7) is 4.17. The summed E-state index contributed by atoms with van der Waals surface area (Å²) in [5.41, 5.74) is 1.50. The quantitative estimate of drug-likeness (QED) is 0.667. The average molecular weight is 266 g/mol. The molecule has 5 heteroatoms. The van der Waals surface area contributed by atoms with E-state index >= 15 is 0 Å². The van der Waals surface area contributed by atoms with Gasteiger partial charge in [-0.1, -0.05) is 6.92 Å². The Morgan fingerprint density at radius 2 is 2.16 bits per heavy atom. The molecule has 0 aromatic carbocycles. The summed E-state index contributed by atoms with van der Waals surface area (Å²) in [6, 6.07) is 3.60. The third-order valence-electron chi connectivity index (χ3n) is 2.81. The molecule has 0 atom stereocenters. The van der Waals surface area contributed by atoms with Crippen LogP contribution >= 0.6 is 0 Å². The Labute approximate surface area is 114 Å². The number of aryl methyl sites for hydroxylation is 1. The van der Waals surface area contributed by atoms with Crippen molar-refractivity contribution >= 4 is 5.91 Å². The fraction of sp³-hybridized carbons (Fsp3) is 0.571. The first-order chi connectivity index (χ1) is 9.20. The molecular formula is C14H22N2O3. The van der Waals surface area contributed by atoms with E-state index in [1.807, 2.05) is 13.0 Å². The maximum absolute atomic E-state index is 12.2. The van der Waals surface area contributed by atoms with Gasteiger partial charge in [0.25, 0.3) is 5.91 Å². The highest BCUT2D eigenvalue weighted by Gasteiger charge is 2.15. The van der Waals surface area contributed by atoms with Crippen molar-refractivity contribution in [3.63, 3.8) is 0 Å². The molecule has 1 aromatic heterocycles. The van der Waals surface area contributed by atoms with Crippen LogP contribution in [0.25, 0.3) is 0 Å². The molecule has 5 nitrogen and oxygen atoms in total. The highest BCUT2D eigenvalue weighted by Crippen LogP contribution is 2.08. The molecule has 0 aliphatic heterocycles. The molecular weight excluding hydrogens is 244 g/mol. The third-order valence-corrected chi connectivity index (χ3v) is 2.81. The van der Waals surface area contributed by atoms with Gasteiger partial charge < -0.3 is 14.4 Å². The smallest absolute Gasteiger partial charge is 0.255 e. The molecule has 1 rings (SSSR count). The summed E-state index contributed by atoms with van der Waals surface area (Å²) in [5.74, 6) is -0.0136. The molecule has 0 bridgehead atoms. The van der Waals surface area contributed by atoms with Gasteiger partial charge in [0.15, 0.2) is 0 Å². The lowest BCUT2D eigenvalue weighted by atomic mass is 10.1. The van der Waals surface area contributed by atoms with Crippen LogP contribution in [0.3, 0.4) is 0 Å². The van der Waals surface area contributed by atoms with Gasteiger partial charge in [-0.15, -0.1) is 0 Å². The van der Waals surface area contributed by atoms with Gasteiger partial charge in [0.05, 0.1) is 31.1 Å². The molecule has 1 aromatic rings. The Kier molecular flexibility index (Phi) is 7.07. The SMILES string of the molecule is CCc1ncccc1C(=O)N(C)CCOCCOC. The zero-order chi connectivity index (χ0) is 14.1. The Bertz CT molecular complexity index is 396. The number of aromatic nitrogens is 1.